The Balaban J connectivity index is 1.75. The summed E-state index contributed by atoms with van der Waals surface area (Å²) < 4.78 is 55.1. The van der Waals surface area contributed by atoms with Crippen molar-refractivity contribution in [3.05, 3.63) is 95.1 Å². The minimum absolute atomic E-state index is 0.183. The first-order valence-electron chi connectivity index (χ1n) is 11.8. The van der Waals surface area contributed by atoms with Crippen LogP contribution in [0.25, 0.3) is 22.4 Å². The summed E-state index contributed by atoms with van der Waals surface area (Å²) in [5.74, 6) is -0.749. The number of halogens is 4. The summed E-state index contributed by atoms with van der Waals surface area (Å²) in [6.45, 7) is 1.93. The van der Waals surface area contributed by atoms with Gasteiger partial charge in [0.1, 0.15) is 11.6 Å². The number of hydrogen-bond donors (Lipinski definition) is 2. The van der Waals surface area contributed by atoms with Crippen LogP contribution >= 0.6 is 0 Å². The lowest BCUT2D eigenvalue weighted by Gasteiger charge is -2.18. The third-order valence-corrected chi connectivity index (χ3v) is 6.34. The number of alkyl halides is 3. The van der Waals surface area contributed by atoms with E-state index in [9.17, 15) is 27.2 Å². The molecule has 0 atom stereocenters. The van der Waals surface area contributed by atoms with Crippen molar-refractivity contribution in [1.29, 1.82) is 0 Å². The quantitative estimate of drug-likeness (QED) is 0.332. The number of nitrogens with zero attached hydrogens (tertiary/aromatic N) is 2. The highest BCUT2D eigenvalue weighted by molar-refractivity contribution is 6.07. The maximum absolute atomic E-state index is 13.8. The number of anilines is 1. The Morgan fingerprint density at radius 3 is 2.39 bits per heavy atom. The fraction of sp³-hybridized carbons (Fsp3) is 0.179. The zero-order valence-electron chi connectivity index (χ0n) is 20.2. The molecule has 0 radical (unpaired) electrons. The van der Waals surface area contributed by atoms with Gasteiger partial charge in [-0.15, -0.1) is 0 Å². The number of carbonyl (C=O) groups excluding carboxylic acids is 2. The third-order valence-electron chi connectivity index (χ3n) is 6.34. The third kappa shape index (κ3) is 4.89. The van der Waals surface area contributed by atoms with Gasteiger partial charge in [0.15, 0.2) is 0 Å². The van der Waals surface area contributed by atoms with Crippen LogP contribution in [0.5, 0.6) is 0 Å². The monoisotopic (exact) mass is 522 g/mol. The first-order valence-corrected chi connectivity index (χ1v) is 11.8. The number of nitrogens with one attached hydrogen (secondary N) is 2. The van der Waals surface area contributed by atoms with Crippen molar-refractivity contribution >= 4 is 17.6 Å². The Labute approximate surface area is 215 Å². The zero-order chi connectivity index (χ0) is 27.0. The number of hydrogen-bond acceptors (Lipinski definition) is 3. The van der Waals surface area contributed by atoms with E-state index in [1.807, 2.05) is 4.57 Å². The fourth-order valence-corrected chi connectivity index (χ4v) is 4.74. The van der Waals surface area contributed by atoms with Crippen LogP contribution in [0.2, 0.25) is 0 Å². The first-order chi connectivity index (χ1) is 18.1. The van der Waals surface area contributed by atoms with Crippen LogP contribution in [0.3, 0.4) is 0 Å². The Morgan fingerprint density at radius 2 is 1.74 bits per heavy atom. The molecular weight excluding hydrogens is 500 g/mol. The van der Waals surface area contributed by atoms with Crippen LogP contribution in [-0.2, 0) is 23.9 Å². The van der Waals surface area contributed by atoms with Crippen LogP contribution in [0.4, 0.5) is 23.4 Å². The van der Waals surface area contributed by atoms with E-state index in [1.165, 1.54) is 37.4 Å². The smallest absolute Gasteiger partial charge is 0.352 e. The van der Waals surface area contributed by atoms with Gasteiger partial charge in [-0.2, -0.15) is 13.2 Å². The number of rotatable bonds is 5. The highest BCUT2D eigenvalue weighted by Gasteiger charge is 2.32. The molecule has 1 aliphatic rings. The topological polar surface area (TPSA) is 76.0 Å². The minimum Gasteiger partial charge on any atom is -0.352 e. The number of carbonyl (C=O) groups is 2. The summed E-state index contributed by atoms with van der Waals surface area (Å²) in [5.41, 5.74) is 3.36. The van der Waals surface area contributed by atoms with Crippen LogP contribution < -0.4 is 10.6 Å². The van der Waals surface area contributed by atoms with E-state index >= 15 is 0 Å². The normalized spacial score (nSPS) is 13.1. The number of fused-ring (bicyclic) bond motifs is 1. The van der Waals surface area contributed by atoms with E-state index in [0.29, 0.717) is 58.0 Å². The Kier molecular flexibility index (Phi) is 6.48. The van der Waals surface area contributed by atoms with Gasteiger partial charge in [-0.25, -0.2) is 9.37 Å². The van der Waals surface area contributed by atoms with Gasteiger partial charge in [-0.05, 0) is 47.5 Å². The molecule has 194 valence electrons. The molecule has 2 N–H and O–H groups in total. The standard InChI is InChI=1S/C28H22F4N4O2/c1-16(37)35-23-14-19(10-12-33-23)26-24(18-4-8-21(29)9-5-18)25-22(11-13-34-27(25)38)36(26)15-17-2-6-20(7-3-17)28(30,31)32/h2-10,12,14H,11,13,15H2,1H3,(H,34,38)(H,33,35,37). The predicted octanol–water partition coefficient (Wildman–Crippen LogP) is 5.67. The second kappa shape index (κ2) is 9.77. The molecule has 0 saturated heterocycles. The van der Waals surface area contributed by atoms with Crippen molar-refractivity contribution in [2.75, 3.05) is 11.9 Å². The van der Waals surface area contributed by atoms with Gasteiger partial charge in [-0.3, -0.25) is 9.59 Å². The van der Waals surface area contributed by atoms with E-state index in [1.54, 1.807) is 24.3 Å². The van der Waals surface area contributed by atoms with Gasteiger partial charge < -0.3 is 15.2 Å². The summed E-state index contributed by atoms with van der Waals surface area (Å²) in [7, 11) is 0. The van der Waals surface area contributed by atoms with Crippen molar-refractivity contribution in [1.82, 2.24) is 14.9 Å². The second-order valence-corrected chi connectivity index (χ2v) is 8.95. The van der Waals surface area contributed by atoms with Gasteiger partial charge >= 0.3 is 6.18 Å². The summed E-state index contributed by atoms with van der Waals surface area (Å²) in [6, 6.07) is 14.0. The largest absolute Gasteiger partial charge is 0.416 e. The molecule has 2 aromatic heterocycles. The number of aromatic nitrogens is 2. The Morgan fingerprint density at radius 1 is 1.03 bits per heavy atom. The Bertz CT molecular complexity index is 1520. The number of pyridine rings is 1. The predicted molar refractivity (Wildman–Crippen MR) is 134 cm³/mol. The number of benzene rings is 2. The molecule has 2 amide bonds. The van der Waals surface area contributed by atoms with Crippen LogP contribution in [0.1, 0.15) is 34.1 Å². The molecule has 10 heteroatoms. The molecule has 2 aromatic carbocycles. The van der Waals surface area contributed by atoms with Gasteiger partial charge in [0.05, 0.1) is 16.8 Å². The molecule has 0 saturated carbocycles. The molecule has 4 aromatic rings. The molecule has 3 heterocycles. The summed E-state index contributed by atoms with van der Waals surface area (Å²) in [6.07, 6.45) is -2.45. The lowest BCUT2D eigenvalue weighted by molar-refractivity contribution is -0.137. The molecule has 0 unspecified atom stereocenters. The van der Waals surface area contributed by atoms with Crippen molar-refractivity contribution < 1.29 is 27.2 Å². The van der Waals surface area contributed by atoms with Crippen molar-refractivity contribution in [3.63, 3.8) is 0 Å². The first kappa shape index (κ1) is 25.2. The summed E-state index contributed by atoms with van der Waals surface area (Å²) in [4.78, 5) is 29.0. The zero-order valence-corrected chi connectivity index (χ0v) is 20.2. The van der Waals surface area contributed by atoms with E-state index < -0.39 is 17.6 Å². The molecule has 0 aliphatic carbocycles. The van der Waals surface area contributed by atoms with Crippen molar-refractivity contribution in [3.8, 4) is 22.4 Å². The molecule has 1 aliphatic heterocycles. The molecular formula is C28H22F4N4O2. The second-order valence-electron chi connectivity index (χ2n) is 8.95. The number of amides is 2. The lowest BCUT2D eigenvalue weighted by Crippen LogP contribution is -2.32. The van der Waals surface area contributed by atoms with Crippen molar-refractivity contribution in [2.45, 2.75) is 26.1 Å². The molecule has 6 nitrogen and oxygen atoms in total. The molecule has 0 bridgehead atoms. The van der Waals surface area contributed by atoms with E-state index in [0.717, 1.165) is 12.1 Å². The molecule has 0 fully saturated rings. The van der Waals surface area contributed by atoms with Crippen LogP contribution in [0, 0.1) is 5.82 Å². The molecule has 5 rings (SSSR count). The molecule has 0 spiro atoms. The fourth-order valence-electron chi connectivity index (χ4n) is 4.74. The van der Waals surface area contributed by atoms with Crippen LogP contribution in [-0.4, -0.2) is 27.9 Å². The average Bonchev–Trinajstić information content (AvgIpc) is 3.19. The van der Waals surface area contributed by atoms with Crippen molar-refractivity contribution in [2.24, 2.45) is 0 Å². The Hall–Kier alpha value is -4.47. The van der Waals surface area contributed by atoms with Gasteiger partial charge in [-0.1, -0.05) is 24.3 Å². The maximum Gasteiger partial charge on any atom is 0.416 e. The van der Waals surface area contributed by atoms with Gasteiger partial charge in [0.2, 0.25) is 5.91 Å². The summed E-state index contributed by atoms with van der Waals surface area (Å²) >= 11 is 0. The SMILES string of the molecule is CC(=O)Nc1cc(-c2c(-c3ccc(F)cc3)c3c(n2Cc2ccc(C(F)(F)F)cc2)CCNC3=O)ccn1. The highest BCUT2D eigenvalue weighted by atomic mass is 19.4. The lowest BCUT2D eigenvalue weighted by atomic mass is 9.95. The van der Waals surface area contributed by atoms with Gasteiger partial charge in [0, 0.05) is 49.5 Å². The van der Waals surface area contributed by atoms with E-state index in [2.05, 4.69) is 15.6 Å². The van der Waals surface area contributed by atoms with E-state index in [4.69, 9.17) is 0 Å². The average molecular weight is 523 g/mol. The van der Waals surface area contributed by atoms with Crippen LogP contribution in [0.15, 0.2) is 66.9 Å². The maximum atomic E-state index is 13.8. The minimum atomic E-state index is -4.46. The van der Waals surface area contributed by atoms with E-state index in [-0.39, 0.29) is 18.4 Å². The molecule has 38 heavy (non-hydrogen) atoms. The highest BCUT2D eigenvalue weighted by Crippen LogP contribution is 2.41. The van der Waals surface area contributed by atoms with Gasteiger partial charge in [0.25, 0.3) is 5.91 Å². The summed E-state index contributed by atoms with van der Waals surface area (Å²) in [5, 5.41) is 5.50.